The summed E-state index contributed by atoms with van der Waals surface area (Å²) < 4.78 is 27.0. The Morgan fingerprint density at radius 2 is 1.71 bits per heavy atom. The summed E-state index contributed by atoms with van der Waals surface area (Å²) in [6, 6.07) is 4.89. The van der Waals surface area contributed by atoms with Gasteiger partial charge < -0.3 is 11.1 Å². The summed E-state index contributed by atoms with van der Waals surface area (Å²) in [7, 11) is 0. The van der Waals surface area contributed by atoms with Crippen LogP contribution >= 0.6 is 11.6 Å². The summed E-state index contributed by atoms with van der Waals surface area (Å²) in [5.74, 6) is -2.56. The van der Waals surface area contributed by atoms with Gasteiger partial charge in [0.15, 0.2) is 0 Å². The highest BCUT2D eigenvalue weighted by atomic mass is 35.5. The predicted octanol–water partition coefficient (Wildman–Crippen LogP) is 4.07. The van der Waals surface area contributed by atoms with Crippen molar-refractivity contribution >= 4 is 28.9 Å². The van der Waals surface area contributed by atoms with E-state index in [1.807, 2.05) is 13.8 Å². The van der Waals surface area contributed by atoms with Gasteiger partial charge in [0, 0.05) is 0 Å². The maximum Gasteiger partial charge on any atom is 0.258 e. The van der Waals surface area contributed by atoms with Gasteiger partial charge >= 0.3 is 0 Å². The third-order valence-electron chi connectivity index (χ3n) is 3.17. The molecular weight excluding hydrogens is 298 g/mol. The zero-order valence-electron chi connectivity index (χ0n) is 11.4. The summed E-state index contributed by atoms with van der Waals surface area (Å²) in [5, 5.41) is 2.09. The van der Waals surface area contributed by atoms with Gasteiger partial charge in [0.2, 0.25) is 0 Å². The third kappa shape index (κ3) is 3.13. The van der Waals surface area contributed by atoms with Gasteiger partial charge in [0.25, 0.3) is 5.91 Å². The van der Waals surface area contributed by atoms with Crippen LogP contribution in [0.3, 0.4) is 0 Å². The molecule has 0 aliphatic rings. The Hall–Kier alpha value is -2.14. The van der Waals surface area contributed by atoms with E-state index in [2.05, 4.69) is 5.32 Å². The molecule has 0 aromatic heterocycles. The molecule has 0 fully saturated rings. The number of benzene rings is 2. The molecule has 0 aliphatic carbocycles. The normalized spacial score (nSPS) is 10.5. The molecule has 0 atom stereocenters. The molecule has 0 saturated carbocycles. The van der Waals surface area contributed by atoms with Gasteiger partial charge in [0.05, 0.1) is 22.0 Å². The molecule has 0 aliphatic heterocycles. The molecule has 0 unspecified atom stereocenters. The monoisotopic (exact) mass is 310 g/mol. The SMILES string of the molecule is Cc1cc(N)c(NC(=O)c2cc(F)c(Cl)cc2F)cc1C. The second-order valence-electron chi connectivity index (χ2n) is 4.72. The molecular formula is C15H13ClF2N2O. The second kappa shape index (κ2) is 5.69. The quantitative estimate of drug-likeness (QED) is 0.649. The first kappa shape index (κ1) is 15.3. The van der Waals surface area contributed by atoms with E-state index in [0.29, 0.717) is 11.4 Å². The predicted molar refractivity (Wildman–Crippen MR) is 79.6 cm³/mol. The van der Waals surface area contributed by atoms with Crippen LogP contribution in [0.25, 0.3) is 0 Å². The number of hydrogen-bond acceptors (Lipinski definition) is 2. The Balaban J connectivity index is 2.35. The van der Waals surface area contributed by atoms with Gasteiger partial charge in [-0.25, -0.2) is 8.78 Å². The summed E-state index contributed by atoms with van der Waals surface area (Å²) in [5.41, 5.74) is 7.95. The zero-order valence-corrected chi connectivity index (χ0v) is 12.2. The topological polar surface area (TPSA) is 55.1 Å². The molecule has 2 aromatic carbocycles. The molecule has 21 heavy (non-hydrogen) atoms. The number of carbonyl (C=O) groups excluding carboxylic acids is 1. The molecule has 0 bridgehead atoms. The summed E-state index contributed by atoms with van der Waals surface area (Å²) in [4.78, 5) is 12.0. The van der Waals surface area contributed by atoms with Crippen molar-refractivity contribution in [3.8, 4) is 0 Å². The van der Waals surface area contributed by atoms with Crippen LogP contribution in [0, 0.1) is 25.5 Å². The molecule has 0 saturated heterocycles. The van der Waals surface area contributed by atoms with Crippen molar-refractivity contribution in [3.63, 3.8) is 0 Å². The van der Waals surface area contributed by atoms with Crippen molar-refractivity contribution in [2.45, 2.75) is 13.8 Å². The lowest BCUT2D eigenvalue weighted by Gasteiger charge is -2.11. The number of nitrogens with one attached hydrogen (secondary N) is 1. The molecule has 2 rings (SSSR count). The van der Waals surface area contributed by atoms with Crippen LogP contribution in [-0.4, -0.2) is 5.91 Å². The van der Waals surface area contributed by atoms with Gasteiger partial charge in [-0.3, -0.25) is 4.79 Å². The largest absolute Gasteiger partial charge is 0.397 e. The number of nitrogen functional groups attached to an aromatic ring is 1. The summed E-state index contributed by atoms with van der Waals surface area (Å²) in [6.07, 6.45) is 0. The number of rotatable bonds is 2. The average Bonchev–Trinajstić information content (AvgIpc) is 2.40. The van der Waals surface area contributed by atoms with Gasteiger partial charge in [-0.15, -0.1) is 0 Å². The van der Waals surface area contributed by atoms with E-state index in [9.17, 15) is 13.6 Å². The van der Waals surface area contributed by atoms with Crippen LogP contribution in [-0.2, 0) is 0 Å². The maximum atomic E-state index is 13.7. The highest BCUT2D eigenvalue weighted by Crippen LogP contribution is 2.25. The minimum absolute atomic E-state index is 0.345. The number of carbonyl (C=O) groups is 1. The summed E-state index contributed by atoms with van der Waals surface area (Å²) >= 11 is 5.45. The molecule has 1 amide bonds. The zero-order chi connectivity index (χ0) is 15.7. The smallest absolute Gasteiger partial charge is 0.258 e. The fourth-order valence-corrected chi connectivity index (χ4v) is 1.98. The van der Waals surface area contributed by atoms with Gasteiger partial charge in [0.1, 0.15) is 11.6 Å². The van der Waals surface area contributed by atoms with E-state index in [4.69, 9.17) is 17.3 Å². The van der Waals surface area contributed by atoms with Crippen molar-refractivity contribution in [2.24, 2.45) is 0 Å². The fraction of sp³-hybridized carbons (Fsp3) is 0.133. The van der Waals surface area contributed by atoms with E-state index in [0.717, 1.165) is 23.3 Å². The fourth-order valence-electron chi connectivity index (χ4n) is 1.83. The van der Waals surface area contributed by atoms with Gasteiger partial charge in [-0.1, -0.05) is 11.6 Å². The van der Waals surface area contributed by atoms with Crippen molar-refractivity contribution < 1.29 is 13.6 Å². The average molecular weight is 311 g/mol. The maximum absolute atomic E-state index is 13.7. The summed E-state index contributed by atoms with van der Waals surface area (Å²) in [6.45, 7) is 3.73. The molecule has 0 heterocycles. The van der Waals surface area contributed by atoms with E-state index < -0.39 is 23.1 Å². The minimum atomic E-state index is -0.902. The van der Waals surface area contributed by atoms with Crippen molar-refractivity contribution in [1.29, 1.82) is 0 Å². The van der Waals surface area contributed by atoms with Crippen LogP contribution < -0.4 is 11.1 Å². The molecule has 6 heteroatoms. The van der Waals surface area contributed by atoms with Crippen molar-refractivity contribution in [2.75, 3.05) is 11.1 Å². The Bertz CT molecular complexity index is 732. The number of aryl methyl sites for hydroxylation is 2. The number of halogens is 3. The molecule has 2 aromatic rings. The number of nitrogens with two attached hydrogens (primary N) is 1. The van der Waals surface area contributed by atoms with Crippen LogP contribution in [0.2, 0.25) is 5.02 Å². The highest BCUT2D eigenvalue weighted by Gasteiger charge is 2.16. The van der Waals surface area contributed by atoms with Crippen LogP contribution in [0.4, 0.5) is 20.2 Å². The third-order valence-corrected chi connectivity index (χ3v) is 3.46. The number of anilines is 2. The minimum Gasteiger partial charge on any atom is -0.397 e. The Kier molecular flexibility index (Phi) is 4.14. The second-order valence-corrected chi connectivity index (χ2v) is 5.13. The number of hydrogen-bond donors (Lipinski definition) is 2. The first-order valence-electron chi connectivity index (χ1n) is 6.12. The highest BCUT2D eigenvalue weighted by molar-refractivity contribution is 6.30. The van der Waals surface area contributed by atoms with Crippen LogP contribution in [0.15, 0.2) is 24.3 Å². The molecule has 3 N–H and O–H groups in total. The Labute approximate surface area is 125 Å². The van der Waals surface area contributed by atoms with E-state index in [1.165, 1.54) is 0 Å². The van der Waals surface area contributed by atoms with Crippen LogP contribution in [0.5, 0.6) is 0 Å². The molecule has 3 nitrogen and oxygen atoms in total. The molecule has 110 valence electrons. The van der Waals surface area contributed by atoms with Crippen molar-refractivity contribution in [1.82, 2.24) is 0 Å². The Morgan fingerprint density at radius 3 is 2.38 bits per heavy atom. The van der Waals surface area contributed by atoms with Gasteiger partial charge in [-0.2, -0.15) is 0 Å². The van der Waals surface area contributed by atoms with Crippen molar-refractivity contribution in [3.05, 3.63) is 57.6 Å². The lowest BCUT2D eigenvalue weighted by atomic mass is 10.1. The molecule has 0 radical (unpaired) electrons. The first-order valence-corrected chi connectivity index (χ1v) is 6.50. The van der Waals surface area contributed by atoms with Gasteiger partial charge in [-0.05, 0) is 49.2 Å². The molecule has 0 spiro atoms. The lowest BCUT2D eigenvalue weighted by molar-refractivity contribution is 0.102. The Morgan fingerprint density at radius 1 is 1.10 bits per heavy atom. The lowest BCUT2D eigenvalue weighted by Crippen LogP contribution is -2.15. The van der Waals surface area contributed by atoms with E-state index in [-0.39, 0.29) is 5.02 Å². The van der Waals surface area contributed by atoms with Crippen LogP contribution in [0.1, 0.15) is 21.5 Å². The standard InChI is InChI=1S/C15H13ClF2N2O/c1-7-3-13(19)14(4-8(7)2)20-15(21)9-5-12(18)10(16)6-11(9)17/h3-6H,19H2,1-2H3,(H,20,21). The first-order chi connectivity index (χ1) is 9.79. The van der Waals surface area contributed by atoms with E-state index in [1.54, 1.807) is 12.1 Å². The number of amides is 1. The van der Waals surface area contributed by atoms with E-state index >= 15 is 0 Å².